The minimum Gasteiger partial charge on any atom is -0.288 e. The zero-order valence-corrected chi connectivity index (χ0v) is 17.5. The molecule has 0 aromatic heterocycles. The van der Waals surface area contributed by atoms with Crippen LogP contribution in [0, 0.1) is 10.1 Å². The third-order valence-corrected chi connectivity index (χ3v) is 5.55. The van der Waals surface area contributed by atoms with Gasteiger partial charge in [-0.2, -0.15) is 0 Å². The van der Waals surface area contributed by atoms with Gasteiger partial charge in [-0.1, -0.05) is 24.3 Å². The topological polar surface area (TPSA) is 101 Å². The van der Waals surface area contributed by atoms with Gasteiger partial charge in [-0.3, -0.25) is 34.3 Å². The lowest BCUT2D eigenvalue weighted by molar-refractivity contribution is -0.384. The summed E-state index contributed by atoms with van der Waals surface area (Å²) in [6.07, 6.45) is 0. The van der Waals surface area contributed by atoms with Crippen molar-refractivity contribution in [2.45, 2.75) is 0 Å². The van der Waals surface area contributed by atoms with Crippen LogP contribution in [0.4, 0.5) is 11.4 Å². The number of nitro benzene ring substituents is 1. The Kier molecular flexibility index (Phi) is 5.35. The molecule has 0 saturated carbocycles. The van der Waals surface area contributed by atoms with Crippen LogP contribution in [-0.4, -0.2) is 34.2 Å². The lowest BCUT2D eigenvalue weighted by Crippen LogP contribution is -2.44. The highest BCUT2D eigenvalue weighted by Gasteiger charge is 2.37. The van der Waals surface area contributed by atoms with Gasteiger partial charge in [-0.05, 0) is 52.3 Å². The van der Waals surface area contributed by atoms with E-state index in [4.69, 9.17) is 0 Å². The van der Waals surface area contributed by atoms with Crippen molar-refractivity contribution in [3.8, 4) is 0 Å². The minimum absolute atomic E-state index is 0.149. The van der Waals surface area contributed by atoms with E-state index in [0.29, 0.717) is 10.2 Å². The average molecular weight is 480 g/mol. The van der Waals surface area contributed by atoms with Crippen molar-refractivity contribution in [3.05, 3.63) is 104 Å². The summed E-state index contributed by atoms with van der Waals surface area (Å²) in [5, 5.41) is 10.9. The van der Waals surface area contributed by atoms with Crippen molar-refractivity contribution in [1.82, 2.24) is 4.90 Å². The first kappa shape index (κ1) is 20.4. The number of rotatable bonds is 5. The Balaban J connectivity index is 1.72. The molecule has 0 unspecified atom stereocenters. The molecule has 0 fully saturated rings. The number of non-ortho nitro benzene ring substituents is 1. The Morgan fingerprint density at radius 3 is 2.00 bits per heavy atom. The van der Waals surface area contributed by atoms with E-state index in [1.54, 1.807) is 48.5 Å². The third kappa shape index (κ3) is 3.71. The van der Waals surface area contributed by atoms with E-state index in [1.807, 2.05) is 0 Å². The minimum atomic E-state index is -0.557. The van der Waals surface area contributed by atoms with Crippen LogP contribution >= 0.6 is 15.9 Å². The number of hydrogen-bond donors (Lipinski definition) is 0. The number of anilines is 1. The number of para-hydroxylation sites is 1. The number of imide groups is 1. The summed E-state index contributed by atoms with van der Waals surface area (Å²) in [7, 11) is 0. The monoisotopic (exact) mass is 479 g/mol. The number of amides is 3. The van der Waals surface area contributed by atoms with Crippen molar-refractivity contribution in [2.75, 3.05) is 11.6 Å². The van der Waals surface area contributed by atoms with E-state index in [-0.39, 0.29) is 29.0 Å². The molecule has 0 radical (unpaired) electrons. The van der Waals surface area contributed by atoms with Crippen LogP contribution in [0.5, 0.6) is 0 Å². The highest BCUT2D eigenvalue weighted by atomic mass is 79.9. The Morgan fingerprint density at radius 1 is 0.903 bits per heavy atom. The fourth-order valence-corrected chi connectivity index (χ4v) is 3.81. The van der Waals surface area contributed by atoms with Gasteiger partial charge in [0.15, 0.2) is 0 Å². The van der Waals surface area contributed by atoms with Gasteiger partial charge in [0.2, 0.25) is 0 Å². The van der Waals surface area contributed by atoms with Gasteiger partial charge in [-0.25, -0.2) is 0 Å². The molecule has 0 N–H and O–H groups in total. The Labute approximate surface area is 185 Å². The van der Waals surface area contributed by atoms with Crippen LogP contribution in [-0.2, 0) is 0 Å². The quantitative estimate of drug-likeness (QED) is 0.309. The SMILES string of the molecule is O=C1c2ccccc2C(=O)N1CN(C(=O)c1ccc([N+](=O)[O-])cc1)c1ccccc1Br. The van der Waals surface area contributed by atoms with E-state index < -0.39 is 22.6 Å². The number of halogens is 1. The molecule has 0 atom stereocenters. The maximum absolute atomic E-state index is 13.3. The van der Waals surface area contributed by atoms with Crippen molar-refractivity contribution < 1.29 is 19.3 Å². The van der Waals surface area contributed by atoms with Crippen LogP contribution in [0.2, 0.25) is 0 Å². The third-order valence-electron chi connectivity index (χ3n) is 4.87. The molecular weight excluding hydrogens is 466 g/mol. The Bertz CT molecular complexity index is 1190. The molecule has 0 bridgehead atoms. The zero-order chi connectivity index (χ0) is 22.1. The van der Waals surface area contributed by atoms with Crippen molar-refractivity contribution >= 4 is 45.0 Å². The molecule has 154 valence electrons. The molecule has 8 nitrogen and oxygen atoms in total. The lowest BCUT2D eigenvalue weighted by atomic mass is 10.1. The van der Waals surface area contributed by atoms with Crippen LogP contribution < -0.4 is 4.90 Å². The van der Waals surface area contributed by atoms with Crippen molar-refractivity contribution in [3.63, 3.8) is 0 Å². The average Bonchev–Trinajstić information content (AvgIpc) is 3.02. The molecule has 1 aliphatic heterocycles. The van der Waals surface area contributed by atoms with E-state index in [0.717, 1.165) is 4.90 Å². The molecule has 0 saturated heterocycles. The number of nitro groups is 1. The molecule has 1 aliphatic rings. The molecule has 9 heteroatoms. The summed E-state index contributed by atoms with van der Waals surface area (Å²) in [4.78, 5) is 51.6. The second kappa shape index (κ2) is 8.11. The predicted octanol–water partition coefficient (Wildman–Crippen LogP) is 4.26. The molecule has 4 rings (SSSR count). The Morgan fingerprint density at radius 2 is 1.45 bits per heavy atom. The summed E-state index contributed by atoms with van der Waals surface area (Å²) in [6, 6.07) is 18.5. The van der Waals surface area contributed by atoms with Gasteiger partial charge < -0.3 is 0 Å². The highest BCUT2D eigenvalue weighted by Crippen LogP contribution is 2.30. The number of carbonyl (C=O) groups excluding carboxylic acids is 3. The van der Waals surface area contributed by atoms with Crippen molar-refractivity contribution in [2.24, 2.45) is 0 Å². The number of hydrogen-bond acceptors (Lipinski definition) is 5. The first-order chi connectivity index (χ1) is 14.9. The number of carbonyl (C=O) groups is 3. The zero-order valence-electron chi connectivity index (χ0n) is 15.9. The van der Waals surface area contributed by atoms with Gasteiger partial charge in [0.25, 0.3) is 23.4 Å². The van der Waals surface area contributed by atoms with E-state index in [9.17, 15) is 24.5 Å². The van der Waals surface area contributed by atoms with Gasteiger partial charge in [0, 0.05) is 22.2 Å². The predicted molar refractivity (Wildman–Crippen MR) is 116 cm³/mol. The van der Waals surface area contributed by atoms with Crippen LogP contribution in [0.1, 0.15) is 31.1 Å². The number of nitrogens with zero attached hydrogens (tertiary/aromatic N) is 3. The smallest absolute Gasteiger partial charge is 0.269 e. The van der Waals surface area contributed by atoms with Gasteiger partial charge in [-0.15, -0.1) is 0 Å². The van der Waals surface area contributed by atoms with Gasteiger partial charge in [0.1, 0.15) is 6.67 Å². The van der Waals surface area contributed by atoms with Crippen molar-refractivity contribution in [1.29, 1.82) is 0 Å². The first-order valence-electron chi connectivity index (χ1n) is 9.14. The summed E-state index contributed by atoms with van der Waals surface area (Å²) in [5.41, 5.74) is 1.04. The van der Waals surface area contributed by atoms with Gasteiger partial charge in [0.05, 0.1) is 21.7 Å². The second-order valence-electron chi connectivity index (χ2n) is 6.71. The van der Waals surface area contributed by atoms with Crippen LogP contribution in [0.15, 0.2) is 77.3 Å². The first-order valence-corrected chi connectivity index (χ1v) is 9.94. The molecule has 3 aromatic carbocycles. The fourth-order valence-electron chi connectivity index (χ4n) is 3.31. The molecule has 0 spiro atoms. The molecule has 3 amide bonds. The summed E-state index contributed by atoms with van der Waals surface area (Å²) < 4.78 is 0.585. The largest absolute Gasteiger partial charge is 0.288 e. The van der Waals surface area contributed by atoms with Crippen LogP contribution in [0.25, 0.3) is 0 Å². The number of fused-ring (bicyclic) bond motifs is 1. The maximum Gasteiger partial charge on any atom is 0.269 e. The fraction of sp³-hybridized carbons (Fsp3) is 0.0455. The summed E-state index contributed by atoms with van der Waals surface area (Å²) in [6.45, 7) is -0.315. The number of benzene rings is 3. The summed E-state index contributed by atoms with van der Waals surface area (Å²) in [5.74, 6) is -1.50. The molecule has 31 heavy (non-hydrogen) atoms. The Hall–Kier alpha value is -3.85. The van der Waals surface area contributed by atoms with E-state index in [1.165, 1.54) is 29.2 Å². The highest BCUT2D eigenvalue weighted by molar-refractivity contribution is 9.10. The second-order valence-corrected chi connectivity index (χ2v) is 7.57. The van der Waals surface area contributed by atoms with E-state index in [2.05, 4.69) is 15.9 Å². The molecule has 0 aliphatic carbocycles. The molecule has 1 heterocycles. The standard InChI is InChI=1S/C22H14BrN3O5/c23-18-7-3-4-8-19(18)24(20(27)14-9-11-15(12-10-14)26(30)31)13-25-21(28)16-5-1-2-6-17(16)22(25)29/h1-12H,13H2. The normalized spacial score (nSPS) is 12.6. The van der Waals surface area contributed by atoms with E-state index >= 15 is 0 Å². The maximum atomic E-state index is 13.3. The lowest BCUT2D eigenvalue weighted by Gasteiger charge is -2.28. The van der Waals surface area contributed by atoms with Crippen LogP contribution in [0.3, 0.4) is 0 Å². The summed E-state index contributed by atoms with van der Waals surface area (Å²) >= 11 is 3.40. The molecule has 3 aromatic rings. The van der Waals surface area contributed by atoms with Gasteiger partial charge >= 0.3 is 0 Å². The molecular formula is C22H14BrN3O5.